The van der Waals surface area contributed by atoms with E-state index in [0.717, 1.165) is 156 Å². The average Bonchev–Trinajstić information content (AvgIpc) is 1.47. The van der Waals surface area contributed by atoms with Gasteiger partial charge in [-0.05, 0) is 94.6 Å². The maximum Gasteiger partial charge on any atom is 0.282 e. The molecule has 15 heterocycles. The number of pyridine rings is 3. The number of anilines is 6. The highest BCUT2D eigenvalue weighted by molar-refractivity contribution is 5.68. The predicted octanol–water partition coefficient (Wildman–Crippen LogP) is 11.0. The SMILES string of the molecule is CC.CC.CC.Cc1cc(-c2cnc3ccc(N4CC(F)(F)C4)cn23)nc(N2CCCCC2)n1.Cc1cc(-c2cnc3ccc(N4CC(F)(F)C4)cn23)nc(N2CCNCC2)n1.Cc1cc(-c2cnc3ccc(N4CC(F)(F)C4)cn23)nc(N2CCOCC2)n1. The number of fused-ring (bicyclic) bond motifs is 3. The number of rotatable bonds is 9. The lowest BCUT2D eigenvalue weighted by atomic mass is 10.1. The van der Waals surface area contributed by atoms with Crippen molar-refractivity contribution in [1.29, 1.82) is 0 Å². The van der Waals surface area contributed by atoms with Crippen molar-refractivity contribution in [2.75, 3.05) is 134 Å². The third-order valence-electron chi connectivity index (χ3n) is 15.7. The second-order valence-electron chi connectivity index (χ2n) is 22.4. The van der Waals surface area contributed by atoms with Gasteiger partial charge in [0.05, 0.1) is 122 Å². The van der Waals surface area contributed by atoms with Crippen LogP contribution in [0.5, 0.6) is 0 Å². The number of alkyl halides is 6. The number of piperidine rings is 1. The molecule has 0 atom stereocenters. The fourth-order valence-electron chi connectivity index (χ4n) is 11.3. The first-order valence-corrected chi connectivity index (χ1v) is 31.4. The van der Waals surface area contributed by atoms with E-state index >= 15 is 0 Å². The van der Waals surface area contributed by atoms with E-state index in [0.29, 0.717) is 25.1 Å². The van der Waals surface area contributed by atoms with Gasteiger partial charge in [0.15, 0.2) is 0 Å². The van der Waals surface area contributed by atoms with Gasteiger partial charge < -0.3 is 39.5 Å². The summed E-state index contributed by atoms with van der Waals surface area (Å²) in [6.07, 6.45) is 14.4. The van der Waals surface area contributed by atoms with Gasteiger partial charge in [0, 0.05) is 88.0 Å². The number of aromatic nitrogens is 12. The zero-order valence-corrected chi connectivity index (χ0v) is 52.8. The van der Waals surface area contributed by atoms with Crippen LogP contribution in [0.15, 0.2) is 91.8 Å². The molecular formula is C64H81F6N19O. The molecule has 20 nitrogen and oxygen atoms in total. The number of nitrogens with zero attached hydrogens (tertiary/aromatic N) is 18. The second-order valence-corrected chi connectivity index (χ2v) is 22.4. The van der Waals surface area contributed by atoms with Gasteiger partial charge in [-0.15, -0.1) is 0 Å². The summed E-state index contributed by atoms with van der Waals surface area (Å²) in [5.74, 6) is -5.67. The molecule has 0 aromatic carbocycles. The molecule has 480 valence electrons. The fourth-order valence-corrected chi connectivity index (χ4v) is 11.3. The third kappa shape index (κ3) is 14.6. The van der Waals surface area contributed by atoms with Crippen molar-refractivity contribution in [3.8, 4) is 34.2 Å². The molecule has 1 N–H and O–H groups in total. The van der Waals surface area contributed by atoms with Crippen molar-refractivity contribution in [1.82, 2.24) is 63.4 Å². The van der Waals surface area contributed by atoms with Crippen LogP contribution in [0, 0.1) is 20.8 Å². The Morgan fingerprint density at radius 3 is 1.02 bits per heavy atom. The minimum absolute atomic E-state index is 0.242. The number of halogens is 6. The largest absolute Gasteiger partial charge is 0.378 e. The molecule has 0 bridgehead atoms. The van der Waals surface area contributed by atoms with Gasteiger partial charge in [-0.2, -0.15) is 0 Å². The van der Waals surface area contributed by atoms with Crippen molar-refractivity contribution in [3.63, 3.8) is 0 Å². The number of nitrogens with one attached hydrogen (secondary N) is 1. The van der Waals surface area contributed by atoms with Crippen LogP contribution in [0.3, 0.4) is 0 Å². The van der Waals surface area contributed by atoms with E-state index in [1.807, 2.05) is 149 Å². The maximum atomic E-state index is 13.3. The molecule has 15 rings (SSSR count). The molecule has 6 fully saturated rings. The predicted molar refractivity (Wildman–Crippen MR) is 343 cm³/mol. The van der Waals surface area contributed by atoms with E-state index < -0.39 is 17.8 Å². The number of ether oxygens (including phenoxy) is 1. The molecule has 26 heteroatoms. The minimum atomic E-state index is -2.61. The zero-order valence-electron chi connectivity index (χ0n) is 52.8. The lowest BCUT2D eigenvalue weighted by Gasteiger charge is -2.40. The van der Waals surface area contributed by atoms with Gasteiger partial charge in [0.25, 0.3) is 17.8 Å². The summed E-state index contributed by atoms with van der Waals surface area (Å²) < 4.78 is 90.6. The third-order valence-corrected chi connectivity index (χ3v) is 15.7. The smallest absolute Gasteiger partial charge is 0.282 e. The standard InChI is InChI=1S/C20H22F2N6.C19H21F2N7.C19H20F2N6O.3C2H6/c1-14-9-16(25-19(24-14)26-7-3-2-4-8-26)17-10-23-18-6-5-15(11-28(17)18)27-12-20(21,22)13-27;1-13-8-15(25-18(24-13)26-6-4-22-5-7-26)16-9-23-17-3-2-14(10-28(16)17)27-11-19(20,21)12-27;1-13-8-15(24-18(23-13)25-4-6-28-7-5-25)16-9-22-17-3-2-14(10-27(16)17)26-11-19(20,21)12-26;3*1-2/h5-6,9-11H,2-4,7-8,12-13H2,1H3;2-3,8-10,22H,4-7,11-12H2,1H3;2-3,8-10H,4-7,11-12H2,1H3;3*1-2H3. The van der Waals surface area contributed by atoms with Crippen LogP contribution in [-0.4, -0.2) is 181 Å². The molecule has 0 amide bonds. The van der Waals surface area contributed by atoms with Gasteiger partial charge in [0.2, 0.25) is 17.8 Å². The number of piperazine rings is 1. The number of hydrogen-bond donors (Lipinski definition) is 1. The van der Waals surface area contributed by atoms with Crippen molar-refractivity contribution >= 4 is 51.8 Å². The Labute approximate surface area is 521 Å². The van der Waals surface area contributed by atoms with E-state index in [-0.39, 0.29) is 39.3 Å². The van der Waals surface area contributed by atoms with Crippen molar-refractivity contribution in [2.24, 2.45) is 0 Å². The fraction of sp³-hybridized carbons (Fsp3) is 0.484. The molecule has 0 aliphatic carbocycles. The summed E-state index contributed by atoms with van der Waals surface area (Å²) in [5.41, 5.74) is 12.0. The van der Waals surface area contributed by atoms with Gasteiger partial charge in [-0.1, -0.05) is 41.5 Å². The van der Waals surface area contributed by atoms with Crippen LogP contribution < -0.4 is 34.7 Å². The number of aryl methyl sites for hydroxylation is 3. The van der Waals surface area contributed by atoms with Crippen molar-refractivity contribution in [2.45, 2.75) is 99.3 Å². The molecule has 6 aliphatic heterocycles. The minimum Gasteiger partial charge on any atom is -0.378 e. The highest BCUT2D eigenvalue weighted by Gasteiger charge is 2.46. The molecule has 90 heavy (non-hydrogen) atoms. The molecule has 0 spiro atoms. The number of imidazole rings is 3. The van der Waals surface area contributed by atoms with Crippen LogP contribution in [0.2, 0.25) is 0 Å². The average molecular weight is 1250 g/mol. The number of morpholine rings is 1. The Morgan fingerprint density at radius 2 is 0.700 bits per heavy atom. The highest BCUT2D eigenvalue weighted by atomic mass is 19.3. The zero-order chi connectivity index (χ0) is 63.9. The van der Waals surface area contributed by atoms with E-state index in [1.54, 1.807) is 33.3 Å². The monoisotopic (exact) mass is 1250 g/mol. The summed E-state index contributed by atoms with van der Waals surface area (Å²) in [7, 11) is 0. The molecule has 9 aromatic rings. The summed E-state index contributed by atoms with van der Waals surface area (Å²) in [6, 6.07) is 16.8. The molecule has 0 radical (unpaired) electrons. The normalized spacial score (nSPS) is 18.0. The number of hydrogen-bond acceptors (Lipinski definition) is 17. The van der Waals surface area contributed by atoms with Gasteiger partial charge in [0.1, 0.15) is 16.9 Å². The molecule has 6 aliphatic rings. The lowest BCUT2D eigenvalue weighted by Crippen LogP contribution is -2.56. The van der Waals surface area contributed by atoms with E-state index in [1.165, 1.54) is 6.42 Å². The van der Waals surface area contributed by atoms with Gasteiger partial charge in [-0.3, -0.25) is 13.2 Å². The van der Waals surface area contributed by atoms with Crippen LogP contribution >= 0.6 is 0 Å². The Kier molecular flexibility index (Phi) is 19.9. The molecule has 9 aromatic heterocycles. The summed E-state index contributed by atoms with van der Waals surface area (Å²) >= 11 is 0. The Bertz CT molecular complexity index is 3460. The molecule has 6 saturated heterocycles. The van der Waals surface area contributed by atoms with Gasteiger partial charge in [-0.25, -0.2) is 71.2 Å². The maximum absolute atomic E-state index is 13.3. The van der Waals surface area contributed by atoms with Crippen LogP contribution in [0.4, 0.5) is 61.2 Å². The Morgan fingerprint density at radius 1 is 0.389 bits per heavy atom. The first-order chi connectivity index (χ1) is 43.4. The van der Waals surface area contributed by atoms with E-state index in [9.17, 15) is 26.3 Å². The Balaban J connectivity index is 0.000000142. The first-order valence-electron chi connectivity index (χ1n) is 31.4. The molecule has 0 saturated carbocycles. The summed E-state index contributed by atoms with van der Waals surface area (Å²) in [4.78, 5) is 53.0. The van der Waals surface area contributed by atoms with Crippen LogP contribution in [-0.2, 0) is 4.74 Å². The quantitative estimate of drug-likeness (QED) is 0.135. The van der Waals surface area contributed by atoms with E-state index in [2.05, 4.69) is 49.9 Å². The lowest BCUT2D eigenvalue weighted by molar-refractivity contribution is -0.0269. The Hall–Kier alpha value is -8.39. The van der Waals surface area contributed by atoms with E-state index in [4.69, 9.17) is 19.7 Å². The summed E-state index contributed by atoms with van der Waals surface area (Å²) in [6.45, 7) is 24.7. The first kappa shape index (κ1) is 64.6. The molecule has 0 unspecified atom stereocenters. The van der Waals surface area contributed by atoms with Gasteiger partial charge >= 0.3 is 0 Å². The molecular weight excluding hydrogens is 1160 g/mol. The highest BCUT2D eigenvalue weighted by Crippen LogP contribution is 2.36. The summed E-state index contributed by atoms with van der Waals surface area (Å²) in [5, 5.41) is 3.33. The van der Waals surface area contributed by atoms with Crippen LogP contribution in [0.1, 0.15) is 77.9 Å². The van der Waals surface area contributed by atoms with Crippen molar-refractivity contribution < 1.29 is 31.1 Å². The van der Waals surface area contributed by atoms with Crippen molar-refractivity contribution in [3.05, 3.63) is 109 Å². The second kappa shape index (κ2) is 27.8. The van der Waals surface area contributed by atoms with Crippen LogP contribution in [0.25, 0.3) is 51.1 Å². The topological polar surface area (TPSA) is 170 Å².